The number of nitrogens with zero attached hydrogens (tertiary/aromatic N) is 1. The number of aromatic nitrogens is 2. The predicted molar refractivity (Wildman–Crippen MR) is 109 cm³/mol. The Kier molecular flexibility index (Phi) is 7.03. The maximum absolute atomic E-state index is 4.87. The summed E-state index contributed by atoms with van der Waals surface area (Å²) in [7, 11) is 0. The van der Waals surface area contributed by atoms with Crippen molar-refractivity contribution >= 4 is 0 Å². The second-order valence-corrected chi connectivity index (χ2v) is 6.81. The SMILES string of the molecule is CCCCCCC(NCc1ccccc1)c1nc(-c2ccccc2)c[nH]1. The van der Waals surface area contributed by atoms with Gasteiger partial charge in [-0.15, -0.1) is 0 Å². The standard InChI is InChI=1S/C23H29N3/c1-2-3-4-11-16-21(24-17-19-12-7-5-8-13-19)23-25-18-22(26-23)20-14-9-6-10-15-20/h5-10,12-15,18,21,24H,2-4,11,16-17H2,1H3,(H,25,26). The van der Waals surface area contributed by atoms with Crippen molar-refractivity contribution in [3.63, 3.8) is 0 Å². The molecule has 2 aromatic carbocycles. The highest BCUT2D eigenvalue weighted by Crippen LogP contribution is 2.23. The molecule has 0 aliphatic rings. The number of nitrogens with one attached hydrogen (secondary N) is 2. The third-order valence-electron chi connectivity index (χ3n) is 4.74. The van der Waals surface area contributed by atoms with E-state index in [-0.39, 0.29) is 6.04 Å². The van der Waals surface area contributed by atoms with Crippen LogP contribution in [0, 0.1) is 0 Å². The monoisotopic (exact) mass is 347 g/mol. The lowest BCUT2D eigenvalue weighted by molar-refractivity contribution is 0.453. The molecule has 3 rings (SSSR count). The van der Waals surface area contributed by atoms with Gasteiger partial charge in [-0.1, -0.05) is 93.3 Å². The van der Waals surface area contributed by atoms with Gasteiger partial charge in [0.15, 0.2) is 0 Å². The molecule has 3 aromatic rings. The highest BCUT2D eigenvalue weighted by Gasteiger charge is 2.15. The molecule has 0 aliphatic heterocycles. The fourth-order valence-corrected chi connectivity index (χ4v) is 3.22. The molecule has 0 saturated heterocycles. The first kappa shape index (κ1) is 18.4. The normalized spacial score (nSPS) is 12.2. The summed E-state index contributed by atoms with van der Waals surface area (Å²) in [6.45, 7) is 3.12. The number of hydrogen-bond acceptors (Lipinski definition) is 2. The minimum atomic E-state index is 0.254. The first-order valence-corrected chi connectivity index (χ1v) is 9.75. The average Bonchev–Trinajstić information content (AvgIpc) is 3.19. The molecular weight excluding hydrogens is 318 g/mol. The van der Waals surface area contributed by atoms with Crippen LogP contribution in [0.15, 0.2) is 66.9 Å². The van der Waals surface area contributed by atoms with Gasteiger partial charge >= 0.3 is 0 Å². The zero-order valence-corrected chi connectivity index (χ0v) is 15.6. The number of benzene rings is 2. The Morgan fingerprint density at radius 2 is 1.65 bits per heavy atom. The molecule has 3 heteroatoms. The molecule has 0 bridgehead atoms. The van der Waals surface area contributed by atoms with Gasteiger partial charge in [0.25, 0.3) is 0 Å². The van der Waals surface area contributed by atoms with Gasteiger partial charge in [0.05, 0.1) is 11.7 Å². The Balaban J connectivity index is 1.68. The highest BCUT2D eigenvalue weighted by atomic mass is 15.0. The Morgan fingerprint density at radius 1 is 0.923 bits per heavy atom. The zero-order valence-electron chi connectivity index (χ0n) is 15.6. The molecule has 0 radical (unpaired) electrons. The van der Waals surface area contributed by atoms with Gasteiger partial charge in [-0.3, -0.25) is 0 Å². The Morgan fingerprint density at radius 3 is 2.38 bits per heavy atom. The van der Waals surface area contributed by atoms with E-state index in [0.717, 1.165) is 30.0 Å². The first-order valence-electron chi connectivity index (χ1n) is 9.75. The molecule has 1 atom stereocenters. The van der Waals surface area contributed by atoms with Crippen LogP contribution in [0.2, 0.25) is 0 Å². The van der Waals surface area contributed by atoms with Crippen LogP contribution in [0.1, 0.15) is 56.5 Å². The third kappa shape index (κ3) is 5.30. The number of imidazole rings is 1. The van der Waals surface area contributed by atoms with Gasteiger partial charge in [0.1, 0.15) is 5.82 Å². The van der Waals surface area contributed by atoms with Crippen LogP contribution in [0.5, 0.6) is 0 Å². The largest absolute Gasteiger partial charge is 0.347 e. The van der Waals surface area contributed by atoms with Crippen molar-refractivity contribution in [2.45, 2.75) is 51.6 Å². The van der Waals surface area contributed by atoms with Crippen molar-refractivity contribution in [1.29, 1.82) is 0 Å². The van der Waals surface area contributed by atoms with Gasteiger partial charge in [0.2, 0.25) is 0 Å². The minimum Gasteiger partial charge on any atom is -0.347 e. The molecule has 1 aromatic heterocycles. The Hall–Kier alpha value is -2.39. The van der Waals surface area contributed by atoms with E-state index in [0.29, 0.717) is 0 Å². The Labute approximate surface area is 156 Å². The molecule has 0 saturated carbocycles. The second kappa shape index (κ2) is 9.93. The predicted octanol–water partition coefficient (Wildman–Crippen LogP) is 5.88. The third-order valence-corrected chi connectivity index (χ3v) is 4.74. The molecule has 1 heterocycles. The van der Waals surface area contributed by atoms with E-state index in [1.807, 2.05) is 12.3 Å². The molecule has 0 fully saturated rings. The van der Waals surface area contributed by atoms with Crippen LogP contribution in [-0.2, 0) is 6.54 Å². The van der Waals surface area contributed by atoms with E-state index in [1.165, 1.54) is 31.2 Å². The van der Waals surface area contributed by atoms with E-state index < -0.39 is 0 Å². The van der Waals surface area contributed by atoms with Crippen molar-refractivity contribution in [1.82, 2.24) is 15.3 Å². The quantitative estimate of drug-likeness (QED) is 0.450. The topological polar surface area (TPSA) is 40.7 Å². The van der Waals surface area contributed by atoms with Crippen molar-refractivity contribution in [3.8, 4) is 11.3 Å². The summed E-state index contributed by atoms with van der Waals surface area (Å²) in [5, 5.41) is 3.70. The highest BCUT2D eigenvalue weighted by molar-refractivity contribution is 5.58. The summed E-state index contributed by atoms with van der Waals surface area (Å²) in [6.07, 6.45) is 8.20. The van der Waals surface area contributed by atoms with Gasteiger partial charge in [-0.2, -0.15) is 0 Å². The van der Waals surface area contributed by atoms with Gasteiger partial charge in [-0.05, 0) is 12.0 Å². The molecule has 136 valence electrons. The van der Waals surface area contributed by atoms with Crippen LogP contribution in [0.3, 0.4) is 0 Å². The van der Waals surface area contributed by atoms with Crippen LogP contribution in [-0.4, -0.2) is 9.97 Å². The summed E-state index contributed by atoms with van der Waals surface area (Å²) >= 11 is 0. The van der Waals surface area contributed by atoms with E-state index in [4.69, 9.17) is 4.98 Å². The maximum atomic E-state index is 4.87. The van der Waals surface area contributed by atoms with Crippen LogP contribution in [0.4, 0.5) is 0 Å². The number of rotatable bonds is 10. The molecule has 0 spiro atoms. The summed E-state index contributed by atoms with van der Waals surface area (Å²) in [5.74, 6) is 1.04. The fraction of sp³-hybridized carbons (Fsp3) is 0.348. The molecular formula is C23H29N3. The van der Waals surface area contributed by atoms with E-state index in [1.54, 1.807) is 0 Å². The van der Waals surface area contributed by atoms with Crippen LogP contribution < -0.4 is 5.32 Å². The molecule has 0 amide bonds. The summed E-state index contributed by atoms with van der Waals surface area (Å²) in [6, 6.07) is 21.2. The summed E-state index contributed by atoms with van der Waals surface area (Å²) in [5.41, 5.74) is 3.48. The fourth-order valence-electron chi connectivity index (χ4n) is 3.22. The first-order chi connectivity index (χ1) is 12.9. The minimum absolute atomic E-state index is 0.254. The molecule has 1 unspecified atom stereocenters. The van der Waals surface area contributed by atoms with Crippen molar-refractivity contribution in [2.75, 3.05) is 0 Å². The summed E-state index contributed by atoms with van der Waals surface area (Å²) in [4.78, 5) is 8.28. The van der Waals surface area contributed by atoms with Crippen molar-refractivity contribution in [3.05, 3.63) is 78.2 Å². The molecule has 3 nitrogen and oxygen atoms in total. The van der Waals surface area contributed by atoms with Crippen LogP contribution in [0.25, 0.3) is 11.3 Å². The number of H-pyrrole nitrogens is 1. The number of unbranched alkanes of at least 4 members (excludes halogenated alkanes) is 3. The smallest absolute Gasteiger partial charge is 0.124 e. The second-order valence-electron chi connectivity index (χ2n) is 6.81. The van der Waals surface area contributed by atoms with E-state index in [9.17, 15) is 0 Å². The number of aromatic amines is 1. The lowest BCUT2D eigenvalue weighted by Gasteiger charge is -2.17. The van der Waals surface area contributed by atoms with Gasteiger partial charge in [-0.25, -0.2) is 4.98 Å². The Bertz CT molecular complexity index is 749. The lowest BCUT2D eigenvalue weighted by atomic mass is 10.1. The zero-order chi connectivity index (χ0) is 18.0. The van der Waals surface area contributed by atoms with E-state index in [2.05, 4.69) is 71.8 Å². The van der Waals surface area contributed by atoms with Crippen molar-refractivity contribution in [2.24, 2.45) is 0 Å². The molecule has 26 heavy (non-hydrogen) atoms. The van der Waals surface area contributed by atoms with Gasteiger partial charge < -0.3 is 10.3 Å². The molecule has 2 N–H and O–H groups in total. The average molecular weight is 348 g/mol. The van der Waals surface area contributed by atoms with Gasteiger partial charge in [0, 0.05) is 18.3 Å². The van der Waals surface area contributed by atoms with E-state index >= 15 is 0 Å². The maximum Gasteiger partial charge on any atom is 0.124 e. The van der Waals surface area contributed by atoms with Crippen molar-refractivity contribution < 1.29 is 0 Å². The summed E-state index contributed by atoms with van der Waals surface area (Å²) < 4.78 is 0. The number of hydrogen-bond donors (Lipinski definition) is 2. The van der Waals surface area contributed by atoms with Crippen LogP contribution >= 0.6 is 0 Å². The lowest BCUT2D eigenvalue weighted by Crippen LogP contribution is -2.22. The molecule has 0 aliphatic carbocycles.